The third-order valence-corrected chi connectivity index (χ3v) is 3.68. The number of guanidine groups is 2. The van der Waals surface area contributed by atoms with Gasteiger partial charge in [0.25, 0.3) is 0 Å². The van der Waals surface area contributed by atoms with Crippen LogP contribution in [0.15, 0.2) is 40.3 Å². The summed E-state index contributed by atoms with van der Waals surface area (Å²) >= 11 is 0. The van der Waals surface area contributed by atoms with Crippen molar-refractivity contribution in [2.24, 2.45) is 21.5 Å². The fourth-order valence-corrected chi connectivity index (χ4v) is 2.60. The standard InChI is InChI=1S/C16H25N5/c17-15(18)21-16(20-14-9-5-2-6-10-14)19-12-11-13-7-3-1-4-8-13/h1,3-4,7-8,14H,2,5-6,9-12H2,(H5,17,18,19,20,21). The summed E-state index contributed by atoms with van der Waals surface area (Å²) in [5, 5.41) is 3.38. The zero-order valence-corrected chi connectivity index (χ0v) is 12.5. The van der Waals surface area contributed by atoms with Gasteiger partial charge in [-0.3, -0.25) is 4.99 Å². The van der Waals surface area contributed by atoms with Gasteiger partial charge in [-0.2, -0.15) is 4.99 Å². The largest absolute Gasteiger partial charge is 0.370 e. The number of nitrogens with two attached hydrogens (primary N) is 2. The van der Waals surface area contributed by atoms with E-state index < -0.39 is 0 Å². The molecular formula is C16H25N5. The first-order valence-electron chi connectivity index (χ1n) is 7.68. The van der Waals surface area contributed by atoms with Crippen molar-refractivity contribution in [1.29, 1.82) is 0 Å². The van der Waals surface area contributed by atoms with Crippen molar-refractivity contribution in [2.45, 2.75) is 44.6 Å². The van der Waals surface area contributed by atoms with Crippen LogP contribution in [0.4, 0.5) is 0 Å². The van der Waals surface area contributed by atoms with Crippen molar-refractivity contribution in [3.8, 4) is 0 Å². The lowest BCUT2D eigenvalue weighted by Crippen LogP contribution is -2.37. The summed E-state index contributed by atoms with van der Waals surface area (Å²) < 4.78 is 0. The Morgan fingerprint density at radius 2 is 1.81 bits per heavy atom. The molecule has 1 aliphatic carbocycles. The highest BCUT2D eigenvalue weighted by Gasteiger charge is 2.14. The molecule has 0 atom stereocenters. The summed E-state index contributed by atoms with van der Waals surface area (Å²) in [6.07, 6.45) is 7.06. The average molecular weight is 287 g/mol. The third kappa shape index (κ3) is 5.85. The number of nitrogens with zero attached hydrogens (tertiary/aromatic N) is 2. The second-order valence-electron chi connectivity index (χ2n) is 5.46. The molecule has 2 rings (SSSR count). The molecular weight excluding hydrogens is 262 g/mol. The van der Waals surface area contributed by atoms with E-state index in [1.54, 1.807) is 0 Å². The zero-order valence-electron chi connectivity index (χ0n) is 12.5. The van der Waals surface area contributed by atoms with Crippen molar-refractivity contribution in [1.82, 2.24) is 5.32 Å². The number of aliphatic imine (C=N–C) groups is 2. The first-order valence-corrected chi connectivity index (χ1v) is 7.68. The molecule has 5 N–H and O–H groups in total. The van der Waals surface area contributed by atoms with Crippen LogP contribution in [0.5, 0.6) is 0 Å². The number of hydrogen-bond acceptors (Lipinski definition) is 1. The molecule has 0 heterocycles. The first-order chi connectivity index (χ1) is 10.2. The van der Waals surface area contributed by atoms with Gasteiger partial charge in [0.05, 0.1) is 0 Å². The van der Waals surface area contributed by atoms with E-state index in [4.69, 9.17) is 11.5 Å². The highest BCUT2D eigenvalue weighted by molar-refractivity contribution is 5.93. The zero-order chi connectivity index (χ0) is 14.9. The Kier molecular flexibility index (Phi) is 6.06. The van der Waals surface area contributed by atoms with Crippen LogP contribution in [0.1, 0.15) is 37.7 Å². The molecule has 0 radical (unpaired) electrons. The normalized spacial score (nSPS) is 16.5. The molecule has 114 valence electrons. The summed E-state index contributed by atoms with van der Waals surface area (Å²) in [4.78, 5) is 8.62. The van der Waals surface area contributed by atoms with E-state index in [1.807, 2.05) is 18.2 Å². The minimum absolute atomic E-state index is 0.0526. The van der Waals surface area contributed by atoms with Crippen molar-refractivity contribution >= 4 is 11.9 Å². The number of benzene rings is 1. The van der Waals surface area contributed by atoms with Crippen LogP contribution in [0.3, 0.4) is 0 Å². The fourth-order valence-electron chi connectivity index (χ4n) is 2.60. The topological polar surface area (TPSA) is 88.8 Å². The highest BCUT2D eigenvalue weighted by atomic mass is 15.2. The van der Waals surface area contributed by atoms with Crippen LogP contribution >= 0.6 is 0 Å². The Hall–Kier alpha value is -2.04. The molecule has 0 saturated heterocycles. The van der Waals surface area contributed by atoms with Gasteiger partial charge in [-0.15, -0.1) is 0 Å². The van der Waals surface area contributed by atoms with Crippen molar-refractivity contribution in [3.05, 3.63) is 35.9 Å². The van der Waals surface area contributed by atoms with Gasteiger partial charge in [0.15, 0.2) is 5.96 Å². The highest BCUT2D eigenvalue weighted by Crippen LogP contribution is 2.17. The maximum Gasteiger partial charge on any atom is 0.221 e. The van der Waals surface area contributed by atoms with Gasteiger partial charge in [0.1, 0.15) is 0 Å². The van der Waals surface area contributed by atoms with Crippen LogP contribution in [0.2, 0.25) is 0 Å². The van der Waals surface area contributed by atoms with Crippen LogP contribution in [-0.4, -0.2) is 24.5 Å². The van der Waals surface area contributed by atoms with E-state index in [0.29, 0.717) is 18.5 Å². The molecule has 0 bridgehead atoms. The molecule has 1 saturated carbocycles. The molecule has 1 fully saturated rings. The monoisotopic (exact) mass is 287 g/mol. The van der Waals surface area contributed by atoms with E-state index in [1.165, 1.54) is 24.8 Å². The predicted molar refractivity (Wildman–Crippen MR) is 88.3 cm³/mol. The smallest absolute Gasteiger partial charge is 0.221 e. The molecule has 0 spiro atoms. The Balaban J connectivity index is 1.91. The number of rotatable bonds is 4. The quantitative estimate of drug-likeness (QED) is 0.582. The van der Waals surface area contributed by atoms with Crippen molar-refractivity contribution in [2.75, 3.05) is 6.54 Å². The van der Waals surface area contributed by atoms with Gasteiger partial charge in [0.2, 0.25) is 5.96 Å². The Labute approximate surface area is 126 Å². The van der Waals surface area contributed by atoms with Gasteiger partial charge in [-0.25, -0.2) is 0 Å². The summed E-state index contributed by atoms with van der Waals surface area (Å²) in [6.45, 7) is 0.676. The number of nitrogens with one attached hydrogen (secondary N) is 1. The van der Waals surface area contributed by atoms with Crippen LogP contribution in [0.25, 0.3) is 0 Å². The lowest BCUT2D eigenvalue weighted by Gasteiger charge is -2.23. The van der Waals surface area contributed by atoms with Gasteiger partial charge >= 0.3 is 0 Å². The molecule has 1 aliphatic rings. The molecule has 5 nitrogen and oxygen atoms in total. The number of hydrogen-bond donors (Lipinski definition) is 3. The average Bonchev–Trinajstić information content (AvgIpc) is 2.49. The maximum atomic E-state index is 5.49. The fraction of sp³-hybridized carbons (Fsp3) is 0.500. The molecule has 1 aromatic carbocycles. The molecule has 0 aliphatic heterocycles. The van der Waals surface area contributed by atoms with Crippen molar-refractivity contribution < 1.29 is 0 Å². The summed E-state index contributed by atoms with van der Waals surface area (Å²) in [5.74, 6) is 0.620. The summed E-state index contributed by atoms with van der Waals surface area (Å²) in [5.41, 5.74) is 12.2. The lowest BCUT2D eigenvalue weighted by molar-refractivity contribution is 0.412. The second kappa shape index (κ2) is 8.29. The van der Waals surface area contributed by atoms with E-state index >= 15 is 0 Å². The van der Waals surface area contributed by atoms with Gasteiger partial charge in [0, 0.05) is 12.6 Å². The maximum absolute atomic E-state index is 5.49. The molecule has 0 unspecified atom stereocenters. The summed E-state index contributed by atoms with van der Waals surface area (Å²) in [6, 6.07) is 10.7. The van der Waals surface area contributed by atoms with E-state index in [9.17, 15) is 0 Å². The van der Waals surface area contributed by atoms with Gasteiger partial charge in [-0.05, 0) is 24.8 Å². The van der Waals surface area contributed by atoms with Crippen molar-refractivity contribution in [3.63, 3.8) is 0 Å². The van der Waals surface area contributed by atoms with E-state index in [0.717, 1.165) is 19.3 Å². The Morgan fingerprint density at radius 3 is 2.48 bits per heavy atom. The lowest BCUT2D eigenvalue weighted by atomic mass is 9.96. The Morgan fingerprint density at radius 1 is 1.10 bits per heavy atom. The molecule has 1 aromatic rings. The van der Waals surface area contributed by atoms with E-state index in [-0.39, 0.29) is 5.96 Å². The summed E-state index contributed by atoms with van der Waals surface area (Å²) in [7, 11) is 0. The van der Waals surface area contributed by atoms with E-state index in [2.05, 4.69) is 27.4 Å². The van der Waals surface area contributed by atoms with Gasteiger partial charge < -0.3 is 16.8 Å². The molecule has 0 aromatic heterocycles. The Bertz CT molecular complexity index is 471. The first kappa shape index (κ1) is 15.4. The molecule has 5 heteroatoms. The molecule has 21 heavy (non-hydrogen) atoms. The minimum atomic E-state index is 0.0526. The van der Waals surface area contributed by atoms with Crippen LogP contribution < -0.4 is 16.8 Å². The minimum Gasteiger partial charge on any atom is -0.370 e. The molecule has 0 amide bonds. The van der Waals surface area contributed by atoms with Gasteiger partial charge in [-0.1, -0.05) is 49.6 Å². The van der Waals surface area contributed by atoms with Crippen LogP contribution in [0, 0.1) is 0 Å². The third-order valence-electron chi connectivity index (χ3n) is 3.68. The van der Waals surface area contributed by atoms with Crippen LogP contribution in [-0.2, 0) is 6.42 Å². The SMILES string of the molecule is NC(N)=NC(=NCCc1ccccc1)NC1CCCCC1. The predicted octanol–water partition coefficient (Wildman–Crippen LogP) is 1.78. The second-order valence-corrected chi connectivity index (χ2v) is 5.46.